The van der Waals surface area contributed by atoms with Gasteiger partial charge < -0.3 is 5.11 Å². The molecule has 0 aliphatic heterocycles. The first-order valence-corrected chi connectivity index (χ1v) is 3.93. The fourth-order valence-electron chi connectivity index (χ4n) is 0.581. The summed E-state index contributed by atoms with van der Waals surface area (Å²) in [5.41, 5.74) is 0.331. The van der Waals surface area contributed by atoms with Crippen molar-refractivity contribution in [3.8, 4) is 0 Å². The van der Waals surface area contributed by atoms with Crippen LogP contribution in [0.2, 0.25) is 0 Å². The van der Waals surface area contributed by atoms with Crippen LogP contribution in [-0.4, -0.2) is 17.3 Å². The molecule has 2 nitrogen and oxygen atoms in total. The number of thiol groups is 1. The third-order valence-corrected chi connectivity index (χ3v) is 1.02. The maximum Gasteiger partial charge on any atom is 0.335 e. The minimum Gasteiger partial charge on any atom is -0.478 e. The predicted molar refractivity (Wildman–Crippen MR) is 48.3 cm³/mol. The van der Waals surface area contributed by atoms with Crippen LogP contribution in [0.1, 0.15) is 10.4 Å². The molecule has 1 N–H and O–H groups in total. The lowest BCUT2D eigenvalue weighted by Crippen LogP contribution is -1.93. The van der Waals surface area contributed by atoms with E-state index in [-0.39, 0.29) is 0 Å². The summed E-state index contributed by atoms with van der Waals surface area (Å²) in [5.74, 6) is -0.879. The minimum atomic E-state index is -0.879. The van der Waals surface area contributed by atoms with Crippen LogP contribution in [0.5, 0.6) is 0 Å². The summed E-state index contributed by atoms with van der Waals surface area (Å²) in [7, 11) is 0. The largest absolute Gasteiger partial charge is 0.478 e. The zero-order valence-electron chi connectivity index (χ0n) is 6.19. The van der Waals surface area contributed by atoms with E-state index >= 15 is 0 Å². The van der Waals surface area contributed by atoms with E-state index in [0.29, 0.717) is 5.56 Å². The molecular formula is C8H10O2S. The Morgan fingerprint density at radius 3 is 2.00 bits per heavy atom. The molecule has 60 valence electrons. The maximum absolute atomic E-state index is 10.2. The molecule has 0 aromatic heterocycles. The summed E-state index contributed by atoms with van der Waals surface area (Å²) < 4.78 is 0. The molecule has 0 unspecified atom stereocenters. The fraction of sp³-hybridized carbons (Fsp3) is 0.125. The lowest BCUT2D eigenvalue weighted by Gasteiger charge is -1.88. The smallest absolute Gasteiger partial charge is 0.335 e. The predicted octanol–water partition coefficient (Wildman–Crippen LogP) is 1.93. The number of aromatic carboxylic acids is 1. The third kappa shape index (κ3) is 3.68. The molecule has 0 heterocycles. The molecule has 0 radical (unpaired) electrons. The van der Waals surface area contributed by atoms with Gasteiger partial charge in [-0.3, -0.25) is 0 Å². The van der Waals surface area contributed by atoms with Crippen molar-refractivity contribution in [2.24, 2.45) is 0 Å². The number of rotatable bonds is 1. The second kappa shape index (κ2) is 5.80. The van der Waals surface area contributed by atoms with Gasteiger partial charge in [-0.25, -0.2) is 4.79 Å². The molecule has 0 saturated heterocycles. The number of carboxylic acid groups (broad SMARTS) is 1. The standard InChI is InChI=1S/C7H6O2.CH4S/c8-7(9)6-4-2-1-3-5-6;1-2/h1-5H,(H,8,9);2H,1H3. The second-order valence-corrected chi connectivity index (χ2v) is 1.67. The van der Waals surface area contributed by atoms with Crippen LogP contribution in [0, 0.1) is 0 Å². The van der Waals surface area contributed by atoms with Crippen molar-refractivity contribution in [2.75, 3.05) is 6.26 Å². The summed E-state index contributed by atoms with van der Waals surface area (Å²) in [6.45, 7) is 0. The Morgan fingerprint density at radius 1 is 1.27 bits per heavy atom. The van der Waals surface area contributed by atoms with Gasteiger partial charge in [-0.05, 0) is 18.4 Å². The summed E-state index contributed by atoms with van der Waals surface area (Å²) >= 11 is 3.53. The molecule has 0 amide bonds. The minimum absolute atomic E-state index is 0.331. The molecule has 0 saturated carbocycles. The van der Waals surface area contributed by atoms with E-state index in [1.807, 2.05) is 0 Å². The molecular weight excluding hydrogens is 160 g/mol. The monoisotopic (exact) mass is 170 g/mol. The van der Waals surface area contributed by atoms with Gasteiger partial charge in [0.15, 0.2) is 0 Å². The van der Waals surface area contributed by atoms with Gasteiger partial charge in [-0.15, -0.1) is 0 Å². The quantitative estimate of drug-likeness (QED) is 0.632. The number of carboxylic acids is 1. The molecule has 1 aromatic carbocycles. The Bertz CT molecular complexity index is 209. The molecule has 0 fully saturated rings. The van der Waals surface area contributed by atoms with E-state index in [1.165, 1.54) is 0 Å². The maximum atomic E-state index is 10.2. The van der Waals surface area contributed by atoms with Crippen molar-refractivity contribution >= 4 is 18.6 Å². The van der Waals surface area contributed by atoms with Crippen LogP contribution in [0.3, 0.4) is 0 Å². The molecule has 1 rings (SSSR count). The molecule has 0 atom stereocenters. The lowest BCUT2D eigenvalue weighted by atomic mass is 10.2. The van der Waals surface area contributed by atoms with Crippen LogP contribution in [-0.2, 0) is 0 Å². The Labute approximate surface area is 71.3 Å². The van der Waals surface area contributed by atoms with Gasteiger partial charge in [0.25, 0.3) is 0 Å². The van der Waals surface area contributed by atoms with Gasteiger partial charge in [0, 0.05) is 0 Å². The molecule has 11 heavy (non-hydrogen) atoms. The molecule has 0 aliphatic rings. The average molecular weight is 170 g/mol. The van der Waals surface area contributed by atoms with Crippen LogP contribution in [0.25, 0.3) is 0 Å². The number of hydrogen-bond acceptors (Lipinski definition) is 2. The normalized spacial score (nSPS) is 7.82. The topological polar surface area (TPSA) is 37.3 Å². The highest BCUT2D eigenvalue weighted by atomic mass is 32.1. The lowest BCUT2D eigenvalue weighted by molar-refractivity contribution is 0.0697. The average Bonchev–Trinajstić information content (AvgIpc) is 2.10. The number of benzene rings is 1. The van der Waals surface area contributed by atoms with E-state index in [0.717, 1.165) is 0 Å². The van der Waals surface area contributed by atoms with Gasteiger partial charge in [-0.1, -0.05) is 18.2 Å². The Kier molecular flexibility index (Phi) is 5.29. The zero-order chi connectivity index (χ0) is 8.69. The van der Waals surface area contributed by atoms with E-state index in [2.05, 4.69) is 12.6 Å². The Morgan fingerprint density at radius 2 is 1.73 bits per heavy atom. The highest BCUT2D eigenvalue weighted by Crippen LogP contribution is 1.96. The van der Waals surface area contributed by atoms with Gasteiger partial charge in [0.2, 0.25) is 0 Å². The first-order chi connectivity index (χ1) is 5.30. The molecule has 3 heteroatoms. The summed E-state index contributed by atoms with van der Waals surface area (Å²) in [6.07, 6.45) is 1.69. The van der Waals surface area contributed by atoms with E-state index < -0.39 is 5.97 Å². The van der Waals surface area contributed by atoms with Gasteiger partial charge in [-0.2, -0.15) is 12.6 Å². The van der Waals surface area contributed by atoms with Crippen molar-refractivity contribution in [1.82, 2.24) is 0 Å². The van der Waals surface area contributed by atoms with Gasteiger partial charge >= 0.3 is 5.97 Å². The highest BCUT2D eigenvalue weighted by Gasteiger charge is 1.96. The van der Waals surface area contributed by atoms with Crippen LogP contribution < -0.4 is 0 Å². The summed E-state index contributed by atoms with van der Waals surface area (Å²) in [4.78, 5) is 10.2. The first-order valence-electron chi connectivity index (χ1n) is 3.04. The first kappa shape index (κ1) is 10.0. The van der Waals surface area contributed by atoms with Crippen molar-refractivity contribution in [1.29, 1.82) is 0 Å². The van der Waals surface area contributed by atoms with Crippen LogP contribution in [0.15, 0.2) is 30.3 Å². The van der Waals surface area contributed by atoms with Gasteiger partial charge in [0.1, 0.15) is 0 Å². The number of carbonyl (C=O) groups is 1. The summed E-state index contributed by atoms with van der Waals surface area (Å²) in [6, 6.07) is 8.30. The highest BCUT2D eigenvalue weighted by molar-refractivity contribution is 7.79. The molecule has 0 bridgehead atoms. The molecule has 1 aromatic rings. The van der Waals surface area contributed by atoms with E-state index in [9.17, 15) is 4.79 Å². The molecule has 0 aliphatic carbocycles. The van der Waals surface area contributed by atoms with Crippen molar-refractivity contribution in [2.45, 2.75) is 0 Å². The van der Waals surface area contributed by atoms with Crippen LogP contribution in [0.4, 0.5) is 0 Å². The van der Waals surface area contributed by atoms with E-state index in [4.69, 9.17) is 5.11 Å². The van der Waals surface area contributed by atoms with Crippen LogP contribution >= 0.6 is 12.6 Å². The summed E-state index contributed by atoms with van der Waals surface area (Å²) in [5, 5.41) is 8.38. The zero-order valence-corrected chi connectivity index (χ0v) is 7.08. The Hall–Kier alpha value is -0.960. The SMILES string of the molecule is CS.O=C(O)c1ccccc1. The van der Waals surface area contributed by atoms with Crippen molar-refractivity contribution in [3.05, 3.63) is 35.9 Å². The number of hydrogen-bond donors (Lipinski definition) is 2. The Balaban J connectivity index is 0.000000461. The van der Waals surface area contributed by atoms with Gasteiger partial charge in [0.05, 0.1) is 5.56 Å². The van der Waals surface area contributed by atoms with Crippen molar-refractivity contribution in [3.63, 3.8) is 0 Å². The third-order valence-electron chi connectivity index (χ3n) is 1.02. The second-order valence-electron chi connectivity index (χ2n) is 1.67. The van der Waals surface area contributed by atoms with Crippen molar-refractivity contribution < 1.29 is 9.90 Å². The van der Waals surface area contributed by atoms with E-state index in [1.54, 1.807) is 36.6 Å². The fourth-order valence-corrected chi connectivity index (χ4v) is 0.581. The molecule has 0 spiro atoms.